The van der Waals surface area contributed by atoms with Gasteiger partial charge in [0.05, 0.1) is 0 Å². The van der Waals surface area contributed by atoms with Crippen molar-refractivity contribution in [2.24, 2.45) is 11.5 Å². The summed E-state index contributed by atoms with van der Waals surface area (Å²) in [6, 6.07) is 0. The lowest BCUT2D eigenvalue weighted by atomic mass is 10.4. The van der Waals surface area contributed by atoms with Crippen LogP contribution in [0.3, 0.4) is 0 Å². The Morgan fingerprint density at radius 3 is 1.56 bits per heavy atom. The van der Waals surface area contributed by atoms with Crippen LogP contribution in [-0.4, -0.2) is 37.2 Å². The van der Waals surface area contributed by atoms with Crippen LogP contribution in [0, 0.1) is 0 Å². The summed E-state index contributed by atoms with van der Waals surface area (Å²) in [5.41, 5.74) is 11.4. The highest BCUT2D eigenvalue weighted by Gasteiger charge is 2.03. The van der Waals surface area contributed by atoms with Crippen LogP contribution < -0.4 is 11.5 Å². The first-order valence-corrected chi connectivity index (χ1v) is 8.18. The second kappa shape index (κ2) is 12.0. The zero-order chi connectivity index (χ0) is 12.2. The van der Waals surface area contributed by atoms with Crippen LogP contribution in [0.15, 0.2) is 0 Å². The summed E-state index contributed by atoms with van der Waals surface area (Å²) in [7, 11) is 3.63. The average Bonchev–Trinajstić information content (AvgIpc) is 2.24. The van der Waals surface area contributed by atoms with E-state index in [-0.39, 0.29) is 12.5 Å². The standard InChI is InChI=1S/C10H24N2O2S2/c1-3-13-9(11)5-7-15-16-8-6-10(12)14-4-2/h9-10H,3-8,11-12H2,1-2H3. The highest BCUT2D eigenvalue weighted by atomic mass is 33.1. The quantitative estimate of drug-likeness (QED) is 0.338. The maximum absolute atomic E-state index is 5.70. The number of ether oxygens (including phenoxy) is 2. The summed E-state index contributed by atoms with van der Waals surface area (Å²) in [6.45, 7) is 5.28. The van der Waals surface area contributed by atoms with E-state index in [1.54, 1.807) is 0 Å². The average molecular weight is 268 g/mol. The summed E-state index contributed by atoms with van der Waals surface area (Å²) >= 11 is 0. The van der Waals surface area contributed by atoms with Gasteiger partial charge in [-0.1, -0.05) is 21.6 Å². The Morgan fingerprint density at radius 1 is 0.875 bits per heavy atom. The van der Waals surface area contributed by atoms with Gasteiger partial charge in [0.1, 0.15) is 12.5 Å². The van der Waals surface area contributed by atoms with E-state index in [9.17, 15) is 0 Å². The minimum Gasteiger partial charge on any atom is -0.364 e. The summed E-state index contributed by atoms with van der Waals surface area (Å²) in [5, 5.41) is 0. The first-order valence-electron chi connectivity index (χ1n) is 5.69. The fourth-order valence-electron chi connectivity index (χ4n) is 1.04. The van der Waals surface area contributed by atoms with E-state index >= 15 is 0 Å². The van der Waals surface area contributed by atoms with Crippen molar-refractivity contribution in [2.75, 3.05) is 24.7 Å². The van der Waals surface area contributed by atoms with E-state index in [1.165, 1.54) is 0 Å². The van der Waals surface area contributed by atoms with Gasteiger partial charge in [0.15, 0.2) is 0 Å². The first kappa shape index (κ1) is 16.5. The van der Waals surface area contributed by atoms with Crippen LogP contribution in [0.5, 0.6) is 0 Å². The first-order chi connectivity index (χ1) is 7.70. The number of hydrogen-bond donors (Lipinski definition) is 2. The largest absolute Gasteiger partial charge is 0.364 e. The zero-order valence-corrected chi connectivity index (χ0v) is 11.8. The third-order valence-corrected chi connectivity index (χ3v) is 4.29. The third kappa shape index (κ3) is 11.0. The van der Waals surface area contributed by atoms with E-state index in [1.807, 2.05) is 35.4 Å². The van der Waals surface area contributed by atoms with Gasteiger partial charge in [-0.05, 0) is 26.7 Å². The predicted octanol–water partition coefficient (Wildman–Crippen LogP) is 1.79. The van der Waals surface area contributed by atoms with Gasteiger partial charge in [0.25, 0.3) is 0 Å². The molecule has 0 aliphatic rings. The molecule has 0 bridgehead atoms. The molecule has 0 rings (SSSR count). The predicted molar refractivity (Wildman–Crippen MR) is 73.4 cm³/mol. The smallest absolute Gasteiger partial charge is 0.106 e. The minimum absolute atomic E-state index is 0.121. The highest BCUT2D eigenvalue weighted by molar-refractivity contribution is 8.76. The minimum atomic E-state index is -0.121. The van der Waals surface area contributed by atoms with Crippen LogP contribution in [0.2, 0.25) is 0 Å². The third-order valence-electron chi connectivity index (χ3n) is 1.82. The normalized spacial score (nSPS) is 15.0. The molecule has 2 atom stereocenters. The van der Waals surface area contributed by atoms with Crippen molar-refractivity contribution in [3.8, 4) is 0 Å². The van der Waals surface area contributed by atoms with Crippen molar-refractivity contribution >= 4 is 21.6 Å². The lowest BCUT2D eigenvalue weighted by Crippen LogP contribution is -2.24. The second-order valence-electron chi connectivity index (χ2n) is 3.21. The van der Waals surface area contributed by atoms with Crippen LogP contribution in [0.4, 0.5) is 0 Å². The Kier molecular flexibility index (Phi) is 12.4. The van der Waals surface area contributed by atoms with Crippen molar-refractivity contribution in [3.63, 3.8) is 0 Å². The molecule has 4 N–H and O–H groups in total. The maximum atomic E-state index is 5.70. The van der Waals surface area contributed by atoms with E-state index < -0.39 is 0 Å². The summed E-state index contributed by atoms with van der Waals surface area (Å²) in [4.78, 5) is 0. The van der Waals surface area contributed by atoms with Gasteiger partial charge in [-0.15, -0.1) is 0 Å². The van der Waals surface area contributed by atoms with Crippen molar-refractivity contribution in [3.05, 3.63) is 0 Å². The molecule has 0 radical (unpaired) electrons. The summed E-state index contributed by atoms with van der Waals surface area (Å²) < 4.78 is 10.5. The van der Waals surface area contributed by atoms with E-state index in [4.69, 9.17) is 20.9 Å². The number of rotatable bonds is 11. The van der Waals surface area contributed by atoms with Gasteiger partial charge >= 0.3 is 0 Å². The molecule has 0 aliphatic carbocycles. The fraction of sp³-hybridized carbons (Fsp3) is 1.00. The molecule has 0 fully saturated rings. The summed E-state index contributed by atoms with van der Waals surface area (Å²) in [5.74, 6) is 2.02. The molecule has 16 heavy (non-hydrogen) atoms. The van der Waals surface area contributed by atoms with Crippen molar-refractivity contribution in [1.29, 1.82) is 0 Å². The topological polar surface area (TPSA) is 70.5 Å². The second-order valence-corrected chi connectivity index (χ2v) is 5.91. The molecule has 6 heteroatoms. The monoisotopic (exact) mass is 268 g/mol. The molecule has 0 spiro atoms. The lowest BCUT2D eigenvalue weighted by Gasteiger charge is -2.12. The number of nitrogens with two attached hydrogens (primary N) is 2. The molecule has 0 saturated heterocycles. The molecule has 0 aromatic heterocycles. The molecule has 98 valence electrons. The van der Waals surface area contributed by atoms with Crippen LogP contribution >= 0.6 is 21.6 Å². The van der Waals surface area contributed by atoms with Gasteiger partial charge in [-0.2, -0.15) is 0 Å². The lowest BCUT2D eigenvalue weighted by molar-refractivity contribution is 0.0657. The molecular formula is C10H24N2O2S2. The Bertz CT molecular complexity index is 137. The molecule has 0 aromatic carbocycles. The Morgan fingerprint density at radius 2 is 1.25 bits per heavy atom. The van der Waals surface area contributed by atoms with E-state index in [0.717, 1.165) is 24.3 Å². The van der Waals surface area contributed by atoms with Gasteiger partial charge in [-0.25, -0.2) is 0 Å². The Balaban J connectivity index is 3.15. The highest BCUT2D eigenvalue weighted by Crippen LogP contribution is 2.23. The van der Waals surface area contributed by atoms with Crippen molar-refractivity contribution in [1.82, 2.24) is 0 Å². The molecule has 0 aromatic rings. The molecule has 2 unspecified atom stereocenters. The van der Waals surface area contributed by atoms with Crippen molar-refractivity contribution < 1.29 is 9.47 Å². The van der Waals surface area contributed by atoms with Crippen LogP contribution in [0.1, 0.15) is 26.7 Å². The molecular weight excluding hydrogens is 244 g/mol. The molecule has 0 heterocycles. The molecule has 0 amide bonds. The Labute approximate surface area is 107 Å². The molecule has 0 saturated carbocycles. The molecule has 0 aliphatic heterocycles. The van der Waals surface area contributed by atoms with Crippen LogP contribution in [-0.2, 0) is 9.47 Å². The van der Waals surface area contributed by atoms with Gasteiger partial charge in [0, 0.05) is 24.7 Å². The van der Waals surface area contributed by atoms with Gasteiger partial charge < -0.3 is 20.9 Å². The van der Waals surface area contributed by atoms with E-state index in [2.05, 4.69) is 0 Å². The number of hydrogen-bond acceptors (Lipinski definition) is 6. The van der Waals surface area contributed by atoms with Crippen molar-refractivity contribution in [2.45, 2.75) is 39.1 Å². The maximum Gasteiger partial charge on any atom is 0.106 e. The van der Waals surface area contributed by atoms with Gasteiger partial charge in [-0.3, -0.25) is 0 Å². The zero-order valence-electron chi connectivity index (χ0n) is 10.2. The summed E-state index contributed by atoms with van der Waals surface area (Å²) in [6.07, 6.45) is 1.54. The van der Waals surface area contributed by atoms with Crippen LogP contribution in [0.25, 0.3) is 0 Å². The fourth-order valence-corrected chi connectivity index (χ4v) is 3.22. The van der Waals surface area contributed by atoms with E-state index in [0.29, 0.717) is 13.2 Å². The van der Waals surface area contributed by atoms with Gasteiger partial charge in [0.2, 0.25) is 0 Å². The SMILES string of the molecule is CCOC(N)CCSSCCC(N)OCC. The molecule has 4 nitrogen and oxygen atoms in total. The Hall–Kier alpha value is 0.540.